The van der Waals surface area contributed by atoms with E-state index in [4.69, 9.17) is 11.6 Å². The van der Waals surface area contributed by atoms with Crippen molar-refractivity contribution in [2.75, 3.05) is 5.88 Å². The monoisotopic (exact) mass is 242 g/mol. The fraction of sp³-hybridized carbons (Fsp3) is 0.769. The minimum absolute atomic E-state index is 0.137. The maximum atomic E-state index is 6.09. The molecule has 0 saturated carbocycles. The second kappa shape index (κ2) is 5.22. The molecule has 1 rings (SSSR count). The smallest absolute Gasteiger partial charge is 0.0630 e. The summed E-state index contributed by atoms with van der Waals surface area (Å²) >= 11 is 6.09. The van der Waals surface area contributed by atoms with Gasteiger partial charge < -0.3 is 0 Å². The van der Waals surface area contributed by atoms with Crippen LogP contribution in [0.15, 0.2) is 12.3 Å². The SMILES string of the molecule is CC(C)n1ccc(CC(C)(CCl)C(C)C)n1. The van der Waals surface area contributed by atoms with E-state index >= 15 is 0 Å². The lowest BCUT2D eigenvalue weighted by Crippen LogP contribution is -2.28. The van der Waals surface area contributed by atoms with Gasteiger partial charge in [0.25, 0.3) is 0 Å². The third-order valence-electron chi connectivity index (χ3n) is 3.48. The van der Waals surface area contributed by atoms with Gasteiger partial charge in [-0.1, -0.05) is 20.8 Å². The number of aromatic nitrogens is 2. The van der Waals surface area contributed by atoms with Gasteiger partial charge in [0.05, 0.1) is 5.69 Å². The summed E-state index contributed by atoms with van der Waals surface area (Å²) in [4.78, 5) is 0. The molecule has 0 radical (unpaired) electrons. The minimum atomic E-state index is 0.137. The number of hydrogen-bond donors (Lipinski definition) is 0. The molecule has 3 heteroatoms. The van der Waals surface area contributed by atoms with Crippen molar-refractivity contribution >= 4 is 11.6 Å². The lowest BCUT2D eigenvalue weighted by atomic mass is 9.77. The van der Waals surface area contributed by atoms with Crippen molar-refractivity contribution in [3.05, 3.63) is 18.0 Å². The second-order valence-electron chi connectivity index (χ2n) is 5.50. The molecule has 1 unspecified atom stereocenters. The summed E-state index contributed by atoms with van der Waals surface area (Å²) in [5.41, 5.74) is 1.28. The molecule has 0 spiro atoms. The topological polar surface area (TPSA) is 17.8 Å². The van der Waals surface area contributed by atoms with Crippen LogP contribution in [0.25, 0.3) is 0 Å². The van der Waals surface area contributed by atoms with Gasteiger partial charge >= 0.3 is 0 Å². The molecule has 0 aromatic carbocycles. The highest BCUT2D eigenvalue weighted by Crippen LogP contribution is 2.32. The van der Waals surface area contributed by atoms with E-state index < -0.39 is 0 Å². The maximum Gasteiger partial charge on any atom is 0.0630 e. The van der Waals surface area contributed by atoms with Crippen LogP contribution < -0.4 is 0 Å². The molecule has 0 aliphatic heterocycles. The molecule has 1 heterocycles. The van der Waals surface area contributed by atoms with Crippen LogP contribution in [0, 0.1) is 11.3 Å². The molecule has 1 aromatic rings. The third-order valence-corrected chi connectivity index (χ3v) is 4.09. The zero-order valence-corrected chi connectivity index (χ0v) is 11.8. The van der Waals surface area contributed by atoms with Crippen molar-refractivity contribution in [3.8, 4) is 0 Å². The Morgan fingerprint density at radius 2 is 2.00 bits per heavy atom. The van der Waals surface area contributed by atoms with Crippen LogP contribution in [0.4, 0.5) is 0 Å². The maximum absolute atomic E-state index is 6.09. The van der Waals surface area contributed by atoms with Crippen molar-refractivity contribution in [1.82, 2.24) is 9.78 Å². The first-order chi connectivity index (χ1) is 7.39. The summed E-state index contributed by atoms with van der Waals surface area (Å²) in [7, 11) is 0. The summed E-state index contributed by atoms with van der Waals surface area (Å²) in [6, 6.07) is 2.53. The Kier molecular flexibility index (Phi) is 4.43. The average Bonchev–Trinajstić information content (AvgIpc) is 2.65. The first kappa shape index (κ1) is 13.6. The van der Waals surface area contributed by atoms with Crippen molar-refractivity contribution in [3.63, 3.8) is 0 Å². The van der Waals surface area contributed by atoms with Crippen LogP contribution in [0.5, 0.6) is 0 Å². The summed E-state index contributed by atoms with van der Waals surface area (Å²) in [5.74, 6) is 1.24. The zero-order valence-electron chi connectivity index (χ0n) is 11.0. The fourth-order valence-electron chi connectivity index (χ4n) is 1.58. The molecule has 2 nitrogen and oxygen atoms in total. The quantitative estimate of drug-likeness (QED) is 0.716. The van der Waals surface area contributed by atoms with E-state index in [0.717, 1.165) is 12.1 Å². The Bertz CT molecular complexity index is 330. The number of halogens is 1. The molecule has 1 atom stereocenters. The molecule has 0 N–H and O–H groups in total. The number of hydrogen-bond acceptors (Lipinski definition) is 1. The highest BCUT2D eigenvalue weighted by atomic mass is 35.5. The molecule has 16 heavy (non-hydrogen) atoms. The van der Waals surface area contributed by atoms with E-state index in [2.05, 4.69) is 52.0 Å². The first-order valence-electron chi connectivity index (χ1n) is 5.99. The molecule has 0 fully saturated rings. The van der Waals surface area contributed by atoms with Gasteiger partial charge in [-0.3, -0.25) is 4.68 Å². The van der Waals surface area contributed by atoms with Crippen molar-refractivity contribution in [2.24, 2.45) is 11.3 Å². The lowest BCUT2D eigenvalue weighted by molar-refractivity contribution is 0.250. The van der Waals surface area contributed by atoms with E-state index in [1.807, 2.05) is 4.68 Å². The van der Waals surface area contributed by atoms with Gasteiger partial charge in [-0.2, -0.15) is 5.10 Å². The largest absolute Gasteiger partial charge is 0.270 e. The predicted octanol–water partition coefficient (Wildman–Crippen LogP) is 3.91. The van der Waals surface area contributed by atoms with Gasteiger partial charge in [-0.05, 0) is 37.7 Å². The van der Waals surface area contributed by atoms with Crippen molar-refractivity contribution in [2.45, 2.75) is 47.1 Å². The van der Waals surface area contributed by atoms with E-state index in [1.54, 1.807) is 0 Å². The van der Waals surface area contributed by atoms with Crippen LogP contribution in [0.3, 0.4) is 0 Å². The minimum Gasteiger partial charge on any atom is -0.270 e. The Morgan fingerprint density at radius 3 is 2.38 bits per heavy atom. The molecule has 0 amide bonds. The highest BCUT2D eigenvalue weighted by Gasteiger charge is 2.28. The van der Waals surface area contributed by atoms with E-state index in [0.29, 0.717) is 17.8 Å². The molecular formula is C13H23ClN2. The van der Waals surface area contributed by atoms with Crippen molar-refractivity contribution < 1.29 is 0 Å². The molecule has 92 valence electrons. The fourth-order valence-corrected chi connectivity index (χ4v) is 1.98. The molecule has 0 aliphatic carbocycles. The Hall–Kier alpha value is -0.500. The normalized spacial score (nSPS) is 15.8. The average molecular weight is 243 g/mol. The Morgan fingerprint density at radius 1 is 1.38 bits per heavy atom. The molecule has 0 saturated heterocycles. The van der Waals surface area contributed by atoms with Gasteiger partial charge in [-0.15, -0.1) is 11.6 Å². The van der Waals surface area contributed by atoms with Gasteiger partial charge in [-0.25, -0.2) is 0 Å². The molecule has 1 aromatic heterocycles. The van der Waals surface area contributed by atoms with Gasteiger partial charge in [0.15, 0.2) is 0 Å². The van der Waals surface area contributed by atoms with Crippen LogP contribution in [-0.4, -0.2) is 15.7 Å². The van der Waals surface area contributed by atoms with E-state index in [-0.39, 0.29) is 5.41 Å². The lowest BCUT2D eigenvalue weighted by Gasteiger charge is -2.30. The van der Waals surface area contributed by atoms with Crippen LogP contribution in [0.1, 0.15) is 46.4 Å². The zero-order chi connectivity index (χ0) is 12.3. The molecule has 0 aliphatic rings. The van der Waals surface area contributed by atoms with Crippen LogP contribution in [0.2, 0.25) is 0 Å². The van der Waals surface area contributed by atoms with Gasteiger partial charge in [0.1, 0.15) is 0 Å². The van der Waals surface area contributed by atoms with Crippen molar-refractivity contribution in [1.29, 1.82) is 0 Å². The third kappa shape index (κ3) is 3.00. The summed E-state index contributed by atoms with van der Waals surface area (Å²) < 4.78 is 2.00. The molecule has 0 bridgehead atoms. The number of rotatable bonds is 5. The Balaban J connectivity index is 2.78. The van der Waals surface area contributed by atoms with Crippen LogP contribution >= 0.6 is 11.6 Å². The van der Waals surface area contributed by atoms with E-state index in [1.165, 1.54) is 0 Å². The summed E-state index contributed by atoms with van der Waals surface area (Å²) in [5, 5.41) is 4.58. The predicted molar refractivity (Wildman–Crippen MR) is 70.0 cm³/mol. The number of nitrogens with zero attached hydrogens (tertiary/aromatic N) is 2. The Labute approximate surface area is 104 Å². The second-order valence-corrected chi connectivity index (χ2v) is 5.77. The van der Waals surface area contributed by atoms with Gasteiger partial charge in [0.2, 0.25) is 0 Å². The van der Waals surface area contributed by atoms with Crippen LogP contribution in [-0.2, 0) is 6.42 Å². The summed E-state index contributed by atoms with van der Waals surface area (Å²) in [6.07, 6.45) is 3.00. The number of alkyl halides is 1. The summed E-state index contributed by atoms with van der Waals surface area (Å²) in [6.45, 7) is 11.0. The molecular weight excluding hydrogens is 220 g/mol. The standard InChI is InChI=1S/C13H23ClN2/c1-10(2)13(5,9-14)8-12-6-7-16(15-12)11(3)4/h6-7,10-11H,8-9H2,1-5H3. The highest BCUT2D eigenvalue weighted by molar-refractivity contribution is 6.18. The van der Waals surface area contributed by atoms with E-state index in [9.17, 15) is 0 Å². The van der Waals surface area contributed by atoms with Gasteiger partial charge in [0, 0.05) is 18.1 Å². The first-order valence-corrected chi connectivity index (χ1v) is 6.52.